The van der Waals surface area contributed by atoms with Crippen molar-refractivity contribution in [2.45, 2.75) is 39.4 Å². The largest absolute Gasteiger partial charge is 0.433 e. The predicted molar refractivity (Wildman–Crippen MR) is 126 cm³/mol. The Kier molecular flexibility index (Phi) is 9.04. The lowest BCUT2D eigenvalue weighted by Gasteiger charge is -2.13. The van der Waals surface area contributed by atoms with E-state index in [1.54, 1.807) is 0 Å². The van der Waals surface area contributed by atoms with E-state index < -0.39 is 33.6 Å². The fourth-order valence-electron chi connectivity index (χ4n) is 3.04. The molecule has 0 bridgehead atoms. The highest BCUT2D eigenvalue weighted by atomic mass is 32.2. The Labute approximate surface area is 201 Å². The van der Waals surface area contributed by atoms with Crippen LogP contribution in [0.15, 0.2) is 30.3 Å². The number of nitrogens with one attached hydrogen (secondary N) is 2. The number of halogens is 4. The number of sulfonamides is 1. The molecular formula is C24H25F4N3O3S. The number of alkyl halides is 3. The third-order valence-corrected chi connectivity index (χ3v) is 5.59. The van der Waals surface area contributed by atoms with Crippen molar-refractivity contribution >= 4 is 27.7 Å². The number of terminal acetylenes is 1. The second-order valence-electron chi connectivity index (χ2n) is 8.02. The summed E-state index contributed by atoms with van der Waals surface area (Å²) in [6.07, 6.45) is 5.18. The molecule has 0 fully saturated rings. The number of amides is 1. The molecule has 1 aromatic carbocycles. The minimum atomic E-state index is -4.58. The van der Waals surface area contributed by atoms with E-state index in [0.717, 1.165) is 30.9 Å². The fraction of sp³-hybridized carbons (Fsp3) is 0.333. The van der Waals surface area contributed by atoms with Gasteiger partial charge in [0.1, 0.15) is 11.5 Å². The number of carbonyl (C=O) groups excluding carboxylic acids is 1. The molecular weight excluding hydrogens is 486 g/mol. The van der Waals surface area contributed by atoms with Crippen molar-refractivity contribution < 1.29 is 30.8 Å². The molecule has 1 atom stereocenters. The van der Waals surface area contributed by atoms with E-state index in [1.807, 2.05) is 18.6 Å². The average molecular weight is 512 g/mol. The van der Waals surface area contributed by atoms with E-state index in [-0.39, 0.29) is 35.0 Å². The van der Waals surface area contributed by atoms with Crippen LogP contribution in [0.4, 0.5) is 23.2 Å². The highest BCUT2D eigenvalue weighted by Gasteiger charge is 2.33. The topological polar surface area (TPSA) is 88.2 Å². The zero-order valence-electron chi connectivity index (χ0n) is 19.3. The standard InChI is InChI=1S/C24H25F4N3O3S/c1-5-15(3)11-20-18(7-9-21(30-20)24(26,27)28)8-10-22(32)29-14-16-12-17(6-2)23(19(25)13-16)31-35(4,33)34/h2,7-10,12-13,15,31H,5,11,14H2,1,3-4H3,(H,29,32)/b10-8-. The van der Waals surface area contributed by atoms with E-state index in [2.05, 4.69) is 16.2 Å². The Morgan fingerprint density at radius 1 is 1.29 bits per heavy atom. The second-order valence-corrected chi connectivity index (χ2v) is 9.77. The summed E-state index contributed by atoms with van der Waals surface area (Å²) >= 11 is 0. The molecule has 35 heavy (non-hydrogen) atoms. The average Bonchev–Trinajstić information content (AvgIpc) is 2.76. The fourth-order valence-corrected chi connectivity index (χ4v) is 3.62. The molecule has 11 heteroatoms. The summed E-state index contributed by atoms with van der Waals surface area (Å²) in [5.41, 5.74) is -0.518. The first-order valence-corrected chi connectivity index (χ1v) is 12.4. The zero-order chi connectivity index (χ0) is 26.4. The van der Waals surface area contributed by atoms with E-state index in [0.29, 0.717) is 12.0 Å². The number of benzene rings is 1. The molecule has 2 N–H and O–H groups in total. The summed E-state index contributed by atoms with van der Waals surface area (Å²) in [6.45, 7) is 3.68. The highest BCUT2D eigenvalue weighted by Crippen LogP contribution is 2.29. The van der Waals surface area contributed by atoms with Crippen LogP contribution in [0.5, 0.6) is 0 Å². The van der Waals surface area contributed by atoms with Crippen LogP contribution in [-0.2, 0) is 34.0 Å². The van der Waals surface area contributed by atoms with E-state index >= 15 is 0 Å². The first kappa shape index (κ1) is 27.9. The van der Waals surface area contributed by atoms with Gasteiger partial charge in [-0.05, 0) is 47.7 Å². The number of anilines is 1. The van der Waals surface area contributed by atoms with Gasteiger partial charge in [-0.15, -0.1) is 6.42 Å². The monoisotopic (exact) mass is 511 g/mol. The van der Waals surface area contributed by atoms with Gasteiger partial charge in [0.2, 0.25) is 15.9 Å². The van der Waals surface area contributed by atoms with Crippen LogP contribution in [0, 0.1) is 24.1 Å². The summed E-state index contributed by atoms with van der Waals surface area (Å²) < 4.78 is 78.4. The molecule has 2 rings (SSSR count). The van der Waals surface area contributed by atoms with Crippen LogP contribution in [0.3, 0.4) is 0 Å². The van der Waals surface area contributed by atoms with Gasteiger partial charge >= 0.3 is 6.18 Å². The van der Waals surface area contributed by atoms with Crippen molar-refractivity contribution in [2.75, 3.05) is 11.0 Å². The Morgan fingerprint density at radius 3 is 2.54 bits per heavy atom. The maximum Gasteiger partial charge on any atom is 0.433 e. The van der Waals surface area contributed by atoms with Gasteiger partial charge in [0, 0.05) is 18.3 Å². The van der Waals surface area contributed by atoms with Gasteiger partial charge in [0.05, 0.1) is 17.5 Å². The normalized spacial score (nSPS) is 12.9. The summed E-state index contributed by atoms with van der Waals surface area (Å²) in [5, 5.41) is 2.52. The molecule has 0 aliphatic rings. The predicted octanol–water partition coefficient (Wildman–Crippen LogP) is 4.51. The van der Waals surface area contributed by atoms with Crippen LogP contribution in [0.25, 0.3) is 6.08 Å². The lowest BCUT2D eigenvalue weighted by atomic mass is 9.99. The lowest BCUT2D eigenvalue weighted by Crippen LogP contribution is -2.21. The first-order chi connectivity index (χ1) is 16.2. The van der Waals surface area contributed by atoms with E-state index in [9.17, 15) is 30.8 Å². The Morgan fingerprint density at radius 2 is 1.97 bits per heavy atom. The second kappa shape index (κ2) is 11.4. The van der Waals surface area contributed by atoms with Gasteiger partial charge in [0.15, 0.2) is 0 Å². The van der Waals surface area contributed by atoms with Crippen LogP contribution in [-0.4, -0.2) is 25.6 Å². The van der Waals surface area contributed by atoms with E-state index in [1.165, 1.54) is 18.2 Å². The molecule has 0 aliphatic carbocycles. The van der Waals surface area contributed by atoms with Crippen molar-refractivity contribution in [3.05, 3.63) is 64.2 Å². The van der Waals surface area contributed by atoms with Crippen molar-refractivity contribution in [3.63, 3.8) is 0 Å². The molecule has 0 spiro atoms. The van der Waals surface area contributed by atoms with Crippen LogP contribution in [0.1, 0.15) is 48.3 Å². The summed E-state index contributed by atoms with van der Waals surface area (Å²) in [4.78, 5) is 16.0. The number of nitrogens with zero attached hydrogens (tertiary/aromatic N) is 1. The minimum absolute atomic E-state index is 0.0410. The van der Waals surface area contributed by atoms with Gasteiger partial charge in [-0.3, -0.25) is 9.52 Å². The first-order valence-electron chi connectivity index (χ1n) is 10.5. The quantitative estimate of drug-likeness (QED) is 0.295. The molecule has 6 nitrogen and oxygen atoms in total. The van der Waals surface area contributed by atoms with Crippen molar-refractivity contribution in [1.82, 2.24) is 10.3 Å². The van der Waals surface area contributed by atoms with Crippen molar-refractivity contribution in [1.29, 1.82) is 0 Å². The van der Waals surface area contributed by atoms with Gasteiger partial charge in [-0.2, -0.15) is 13.2 Å². The minimum Gasteiger partial charge on any atom is -0.348 e. The number of carbonyl (C=O) groups is 1. The van der Waals surface area contributed by atoms with Crippen LogP contribution in [0.2, 0.25) is 0 Å². The van der Waals surface area contributed by atoms with Crippen molar-refractivity contribution in [2.24, 2.45) is 5.92 Å². The third-order valence-electron chi connectivity index (χ3n) is 5.01. The zero-order valence-corrected chi connectivity index (χ0v) is 20.1. The van der Waals surface area contributed by atoms with Crippen LogP contribution < -0.4 is 10.0 Å². The van der Waals surface area contributed by atoms with Gasteiger partial charge in [-0.25, -0.2) is 17.8 Å². The molecule has 1 heterocycles. The van der Waals surface area contributed by atoms with E-state index in [4.69, 9.17) is 6.42 Å². The maximum absolute atomic E-state index is 14.4. The Bertz CT molecular complexity index is 1270. The Hall–Kier alpha value is -3.39. The molecule has 1 amide bonds. The molecule has 0 radical (unpaired) electrons. The van der Waals surface area contributed by atoms with Crippen molar-refractivity contribution in [3.8, 4) is 12.3 Å². The maximum atomic E-state index is 14.4. The molecule has 0 saturated heterocycles. The summed E-state index contributed by atoms with van der Waals surface area (Å²) in [5.74, 6) is 0.795. The van der Waals surface area contributed by atoms with Crippen LogP contribution >= 0.6 is 0 Å². The molecule has 188 valence electrons. The Balaban J connectivity index is 2.18. The lowest BCUT2D eigenvalue weighted by molar-refractivity contribution is -0.141. The molecule has 1 unspecified atom stereocenters. The van der Waals surface area contributed by atoms with Gasteiger partial charge in [0.25, 0.3) is 0 Å². The summed E-state index contributed by atoms with van der Waals surface area (Å²) in [6, 6.07) is 4.50. The number of aromatic nitrogens is 1. The summed E-state index contributed by atoms with van der Waals surface area (Å²) in [7, 11) is -3.76. The third kappa shape index (κ3) is 8.40. The number of rotatable bonds is 9. The molecule has 0 saturated carbocycles. The SMILES string of the molecule is C#Cc1cc(CNC(=O)/C=C\c2ccc(C(F)(F)F)nc2CC(C)CC)cc(F)c1NS(C)(=O)=O. The van der Waals surface area contributed by atoms with Gasteiger partial charge < -0.3 is 5.32 Å². The number of pyridine rings is 1. The molecule has 2 aromatic rings. The number of hydrogen-bond acceptors (Lipinski definition) is 4. The molecule has 0 aliphatic heterocycles. The molecule has 1 aromatic heterocycles. The highest BCUT2D eigenvalue weighted by molar-refractivity contribution is 7.92. The smallest absolute Gasteiger partial charge is 0.348 e. The van der Waals surface area contributed by atoms with Gasteiger partial charge in [-0.1, -0.05) is 32.3 Å². The number of hydrogen-bond donors (Lipinski definition) is 2.